The molecule has 1 aromatic carbocycles. The van der Waals surface area contributed by atoms with Gasteiger partial charge in [-0.2, -0.15) is 0 Å². The monoisotopic (exact) mass is 248 g/mol. The summed E-state index contributed by atoms with van der Waals surface area (Å²) in [5.74, 6) is 0.547. The molecule has 1 rings (SSSR count). The molecule has 0 aliphatic carbocycles. The van der Waals surface area contributed by atoms with Crippen LogP contribution in [0.25, 0.3) is 0 Å². The topological polar surface area (TPSA) is 41.1 Å². The number of benzene rings is 1. The van der Waals surface area contributed by atoms with Crippen LogP contribution in [-0.2, 0) is 4.79 Å². The molecule has 0 unspecified atom stereocenters. The van der Waals surface area contributed by atoms with Gasteiger partial charge in [-0.25, -0.2) is 0 Å². The molecular weight excluding hydrogens is 224 g/mol. The first kappa shape index (κ1) is 14.7. The number of hydrogen-bond acceptors (Lipinski definition) is 2. The molecule has 3 heteroatoms. The summed E-state index contributed by atoms with van der Waals surface area (Å²) in [6.45, 7) is 9.41. The Kier molecular flexibility index (Phi) is 5.86. The predicted molar refractivity (Wildman–Crippen MR) is 75.4 cm³/mol. The van der Waals surface area contributed by atoms with Gasteiger partial charge in [0.15, 0.2) is 0 Å². The predicted octanol–water partition coefficient (Wildman–Crippen LogP) is 2.42. The Balaban J connectivity index is 2.34. The highest BCUT2D eigenvalue weighted by Crippen LogP contribution is 2.12. The van der Waals surface area contributed by atoms with E-state index in [1.165, 1.54) is 11.1 Å². The Morgan fingerprint density at radius 3 is 2.33 bits per heavy atom. The number of hydrogen-bond donors (Lipinski definition) is 2. The van der Waals surface area contributed by atoms with Gasteiger partial charge in [0.25, 0.3) is 0 Å². The molecule has 0 saturated carbocycles. The molecule has 0 saturated heterocycles. The second kappa shape index (κ2) is 7.17. The lowest BCUT2D eigenvalue weighted by atomic mass is 10.1. The van der Waals surface area contributed by atoms with Gasteiger partial charge in [-0.05, 0) is 25.3 Å². The van der Waals surface area contributed by atoms with Crippen molar-refractivity contribution in [3.8, 4) is 0 Å². The molecule has 1 amide bonds. The average Bonchev–Trinajstić information content (AvgIpc) is 2.34. The Hall–Kier alpha value is -1.35. The summed E-state index contributed by atoms with van der Waals surface area (Å²) >= 11 is 0. The Morgan fingerprint density at radius 2 is 1.78 bits per heavy atom. The van der Waals surface area contributed by atoms with Gasteiger partial charge < -0.3 is 10.6 Å². The van der Waals surface area contributed by atoms with Gasteiger partial charge in [0.05, 0.1) is 6.54 Å². The zero-order valence-electron chi connectivity index (χ0n) is 11.8. The number of carbonyl (C=O) groups is 1. The minimum absolute atomic E-state index is 0.0580. The van der Waals surface area contributed by atoms with Crippen molar-refractivity contribution in [2.24, 2.45) is 5.92 Å². The summed E-state index contributed by atoms with van der Waals surface area (Å²) in [6, 6.07) is 8.56. The quantitative estimate of drug-likeness (QED) is 0.811. The molecule has 2 N–H and O–H groups in total. The largest absolute Gasteiger partial charge is 0.355 e. The molecule has 0 heterocycles. The van der Waals surface area contributed by atoms with E-state index >= 15 is 0 Å². The molecule has 1 atom stereocenters. The molecular formula is C15H24N2O. The minimum Gasteiger partial charge on any atom is -0.355 e. The van der Waals surface area contributed by atoms with E-state index in [0.717, 1.165) is 6.54 Å². The van der Waals surface area contributed by atoms with E-state index in [0.29, 0.717) is 12.5 Å². The summed E-state index contributed by atoms with van der Waals surface area (Å²) < 4.78 is 0. The first-order chi connectivity index (χ1) is 8.49. The standard InChI is InChI=1S/C15H24N2O/c1-11(2)9-17-15(18)10-16-13(4)14-7-5-12(3)6-8-14/h5-8,11,13,16H,9-10H2,1-4H3,(H,17,18)/t13-/m0/s1. The van der Waals surface area contributed by atoms with Gasteiger partial charge in [0, 0.05) is 12.6 Å². The maximum absolute atomic E-state index is 11.6. The molecule has 0 radical (unpaired) electrons. The second-order valence-corrected chi connectivity index (χ2v) is 5.21. The summed E-state index contributed by atoms with van der Waals surface area (Å²) in [4.78, 5) is 11.6. The molecule has 1 aromatic rings. The highest BCUT2D eigenvalue weighted by Gasteiger charge is 2.07. The highest BCUT2D eigenvalue weighted by atomic mass is 16.1. The fourth-order valence-corrected chi connectivity index (χ4v) is 1.60. The maximum atomic E-state index is 11.6. The minimum atomic E-state index is 0.0580. The molecule has 100 valence electrons. The van der Waals surface area contributed by atoms with Crippen LogP contribution in [0, 0.1) is 12.8 Å². The van der Waals surface area contributed by atoms with E-state index in [4.69, 9.17) is 0 Å². The van der Waals surface area contributed by atoms with Crippen molar-refractivity contribution in [2.75, 3.05) is 13.1 Å². The summed E-state index contributed by atoms with van der Waals surface area (Å²) in [5.41, 5.74) is 2.46. The molecule has 0 aromatic heterocycles. The lowest BCUT2D eigenvalue weighted by molar-refractivity contribution is -0.120. The Bertz CT molecular complexity index is 371. The number of amides is 1. The van der Waals surface area contributed by atoms with Crippen LogP contribution in [0.4, 0.5) is 0 Å². The third-order valence-electron chi connectivity index (χ3n) is 2.85. The molecule has 18 heavy (non-hydrogen) atoms. The van der Waals surface area contributed by atoms with Crippen LogP contribution < -0.4 is 10.6 Å². The van der Waals surface area contributed by atoms with E-state index in [2.05, 4.69) is 62.6 Å². The van der Waals surface area contributed by atoms with Gasteiger partial charge >= 0.3 is 0 Å². The van der Waals surface area contributed by atoms with Crippen molar-refractivity contribution >= 4 is 5.91 Å². The van der Waals surface area contributed by atoms with Crippen LogP contribution in [0.2, 0.25) is 0 Å². The van der Waals surface area contributed by atoms with Crippen LogP contribution in [0.5, 0.6) is 0 Å². The van der Waals surface area contributed by atoms with Crippen LogP contribution in [0.15, 0.2) is 24.3 Å². The van der Waals surface area contributed by atoms with E-state index in [1.54, 1.807) is 0 Å². The zero-order valence-corrected chi connectivity index (χ0v) is 11.8. The van der Waals surface area contributed by atoms with Crippen LogP contribution in [0.3, 0.4) is 0 Å². The lowest BCUT2D eigenvalue weighted by Gasteiger charge is -2.15. The van der Waals surface area contributed by atoms with Crippen molar-refractivity contribution in [2.45, 2.75) is 33.7 Å². The zero-order chi connectivity index (χ0) is 13.5. The van der Waals surface area contributed by atoms with Gasteiger partial charge in [-0.1, -0.05) is 43.7 Å². The third-order valence-corrected chi connectivity index (χ3v) is 2.85. The first-order valence-corrected chi connectivity index (χ1v) is 6.55. The molecule has 0 aliphatic heterocycles. The van der Waals surface area contributed by atoms with E-state index in [1.807, 2.05) is 0 Å². The fourth-order valence-electron chi connectivity index (χ4n) is 1.60. The van der Waals surface area contributed by atoms with Gasteiger partial charge in [0.1, 0.15) is 0 Å². The lowest BCUT2D eigenvalue weighted by Crippen LogP contribution is -2.36. The van der Waals surface area contributed by atoms with Crippen molar-refractivity contribution in [3.63, 3.8) is 0 Å². The smallest absolute Gasteiger partial charge is 0.233 e. The van der Waals surface area contributed by atoms with Crippen molar-refractivity contribution in [3.05, 3.63) is 35.4 Å². The SMILES string of the molecule is Cc1ccc([C@H](C)NCC(=O)NCC(C)C)cc1. The van der Waals surface area contributed by atoms with Crippen molar-refractivity contribution < 1.29 is 4.79 Å². The first-order valence-electron chi connectivity index (χ1n) is 6.55. The molecule has 0 fully saturated rings. The summed E-state index contributed by atoms with van der Waals surface area (Å²) in [7, 11) is 0. The number of nitrogens with one attached hydrogen (secondary N) is 2. The van der Waals surface area contributed by atoms with Gasteiger partial charge in [0.2, 0.25) is 5.91 Å². The molecule has 0 bridgehead atoms. The Labute approximate surface area is 110 Å². The number of aryl methyl sites for hydroxylation is 1. The van der Waals surface area contributed by atoms with Gasteiger partial charge in [-0.3, -0.25) is 4.79 Å². The van der Waals surface area contributed by atoms with Crippen LogP contribution >= 0.6 is 0 Å². The summed E-state index contributed by atoms with van der Waals surface area (Å²) in [5, 5.41) is 6.13. The average molecular weight is 248 g/mol. The third kappa shape index (κ3) is 5.32. The van der Waals surface area contributed by atoms with Crippen molar-refractivity contribution in [1.29, 1.82) is 0 Å². The maximum Gasteiger partial charge on any atom is 0.233 e. The second-order valence-electron chi connectivity index (χ2n) is 5.21. The van der Waals surface area contributed by atoms with E-state index in [9.17, 15) is 4.79 Å². The molecule has 0 spiro atoms. The van der Waals surface area contributed by atoms with Gasteiger partial charge in [-0.15, -0.1) is 0 Å². The number of carbonyl (C=O) groups excluding carboxylic acids is 1. The molecule has 3 nitrogen and oxygen atoms in total. The van der Waals surface area contributed by atoms with Crippen LogP contribution in [-0.4, -0.2) is 19.0 Å². The summed E-state index contributed by atoms with van der Waals surface area (Å²) in [6.07, 6.45) is 0. The highest BCUT2D eigenvalue weighted by molar-refractivity contribution is 5.78. The normalized spacial score (nSPS) is 12.5. The fraction of sp³-hybridized carbons (Fsp3) is 0.533. The number of rotatable bonds is 6. The van der Waals surface area contributed by atoms with Crippen molar-refractivity contribution in [1.82, 2.24) is 10.6 Å². The Morgan fingerprint density at radius 1 is 1.17 bits per heavy atom. The van der Waals surface area contributed by atoms with Crippen LogP contribution in [0.1, 0.15) is 37.9 Å². The van der Waals surface area contributed by atoms with E-state index < -0.39 is 0 Å². The van der Waals surface area contributed by atoms with E-state index in [-0.39, 0.29) is 11.9 Å². The molecule has 0 aliphatic rings.